The second-order valence-corrected chi connectivity index (χ2v) is 5.87. The smallest absolute Gasteiger partial charge is 0.363 e. The van der Waals surface area contributed by atoms with E-state index in [1.165, 1.54) is 13.3 Å². The van der Waals surface area contributed by atoms with Crippen LogP contribution in [0.3, 0.4) is 0 Å². The maximum absolute atomic E-state index is 12.0. The highest BCUT2D eigenvalue weighted by Crippen LogP contribution is 2.29. The first-order valence-corrected chi connectivity index (χ1v) is 7.93. The van der Waals surface area contributed by atoms with Gasteiger partial charge in [-0.1, -0.05) is 31.4 Å². The summed E-state index contributed by atoms with van der Waals surface area (Å²) in [6.45, 7) is 1.35. The second-order valence-electron chi connectivity index (χ2n) is 5.87. The Morgan fingerprint density at radius 3 is 2.57 bits per heavy atom. The number of carbonyl (C=O) groups is 2. The first kappa shape index (κ1) is 15.5. The van der Waals surface area contributed by atoms with Crippen LogP contribution in [0, 0.1) is 5.92 Å². The van der Waals surface area contributed by atoms with Crippen LogP contribution in [0.1, 0.15) is 44.6 Å². The van der Waals surface area contributed by atoms with Crippen LogP contribution < -0.4 is 4.74 Å². The van der Waals surface area contributed by atoms with Gasteiger partial charge in [0, 0.05) is 12.8 Å². The van der Waals surface area contributed by atoms with Crippen LogP contribution in [0.15, 0.2) is 35.0 Å². The van der Waals surface area contributed by atoms with Crippen LogP contribution in [0.4, 0.5) is 0 Å². The van der Waals surface area contributed by atoms with E-state index >= 15 is 0 Å². The third-order valence-corrected chi connectivity index (χ3v) is 4.04. The molecule has 1 aromatic carbocycles. The molecule has 1 fully saturated rings. The van der Waals surface area contributed by atoms with Gasteiger partial charge in [-0.3, -0.25) is 4.79 Å². The number of hydrogen-bond donors (Lipinski definition) is 0. The van der Waals surface area contributed by atoms with Crippen LogP contribution in [0.2, 0.25) is 0 Å². The van der Waals surface area contributed by atoms with Crippen molar-refractivity contribution in [2.75, 3.05) is 0 Å². The van der Waals surface area contributed by atoms with E-state index in [-0.39, 0.29) is 11.9 Å². The Bertz CT molecular complexity index is 667. The van der Waals surface area contributed by atoms with Crippen molar-refractivity contribution in [3.63, 3.8) is 0 Å². The molecule has 23 heavy (non-hydrogen) atoms. The Hall–Kier alpha value is -2.43. The van der Waals surface area contributed by atoms with Gasteiger partial charge in [0.15, 0.2) is 5.70 Å². The lowest BCUT2D eigenvalue weighted by Crippen LogP contribution is -2.19. The molecule has 0 aromatic heterocycles. The zero-order valence-electron chi connectivity index (χ0n) is 13.1. The minimum atomic E-state index is -0.394. The summed E-state index contributed by atoms with van der Waals surface area (Å²) in [4.78, 5) is 27.2. The fraction of sp³-hybridized carbons (Fsp3) is 0.389. The summed E-state index contributed by atoms with van der Waals surface area (Å²) in [6.07, 6.45) is 7.34. The van der Waals surface area contributed by atoms with Gasteiger partial charge in [0.05, 0.1) is 0 Å². The Balaban J connectivity index is 1.74. The van der Waals surface area contributed by atoms with E-state index in [2.05, 4.69) is 4.99 Å². The van der Waals surface area contributed by atoms with Gasteiger partial charge in [0.1, 0.15) is 5.75 Å². The lowest BCUT2D eigenvalue weighted by molar-refractivity contribution is -0.132. The van der Waals surface area contributed by atoms with E-state index in [0.29, 0.717) is 17.3 Å². The average Bonchev–Trinajstić information content (AvgIpc) is 2.91. The van der Waals surface area contributed by atoms with Crippen LogP contribution in [-0.4, -0.2) is 17.8 Å². The molecular weight excluding hydrogens is 294 g/mol. The minimum Gasteiger partial charge on any atom is -0.427 e. The molecule has 2 aliphatic rings. The van der Waals surface area contributed by atoms with Gasteiger partial charge in [0.25, 0.3) is 0 Å². The summed E-state index contributed by atoms with van der Waals surface area (Å²) >= 11 is 0. The van der Waals surface area contributed by atoms with Gasteiger partial charge in [0.2, 0.25) is 5.90 Å². The molecule has 0 atom stereocenters. The number of esters is 2. The number of ether oxygens (including phenoxy) is 2. The monoisotopic (exact) mass is 313 g/mol. The number of hydrogen-bond acceptors (Lipinski definition) is 5. The second kappa shape index (κ2) is 6.77. The number of nitrogens with zero attached hydrogens (tertiary/aromatic N) is 1. The van der Waals surface area contributed by atoms with Crippen LogP contribution in [-0.2, 0) is 14.3 Å². The van der Waals surface area contributed by atoms with Crippen molar-refractivity contribution in [3.05, 3.63) is 35.5 Å². The highest BCUT2D eigenvalue weighted by molar-refractivity contribution is 6.07. The Morgan fingerprint density at radius 2 is 1.91 bits per heavy atom. The Morgan fingerprint density at radius 1 is 1.22 bits per heavy atom. The summed E-state index contributed by atoms with van der Waals surface area (Å²) < 4.78 is 10.3. The van der Waals surface area contributed by atoms with Gasteiger partial charge in [-0.05, 0) is 36.6 Å². The van der Waals surface area contributed by atoms with Crippen molar-refractivity contribution < 1.29 is 19.1 Å². The van der Waals surface area contributed by atoms with Crippen LogP contribution in [0.5, 0.6) is 5.75 Å². The van der Waals surface area contributed by atoms with Gasteiger partial charge in [-0.2, -0.15) is 0 Å². The van der Waals surface area contributed by atoms with E-state index in [1.807, 2.05) is 0 Å². The number of carbonyl (C=O) groups excluding carboxylic acids is 2. The third kappa shape index (κ3) is 3.86. The summed E-state index contributed by atoms with van der Waals surface area (Å²) in [5, 5.41) is 0. The molecule has 0 amide bonds. The zero-order chi connectivity index (χ0) is 16.2. The molecule has 1 saturated carbocycles. The van der Waals surface area contributed by atoms with Crippen molar-refractivity contribution in [1.82, 2.24) is 0 Å². The molecule has 5 nitrogen and oxygen atoms in total. The molecule has 1 aromatic rings. The topological polar surface area (TPSA) is 65.0 Å². The van der Waals surface area contributed by atoms with Gasteiger partial charge >= 0.3 is 11.9 Å². The highest BCUT2D eigenvalue weighted by atomic mass is 16.6. The van der Waals surface area contributed by atoms with E-state index in [1.54, 1.807) is 30.3 Å². The maximum Gasteiger partial charge on any atom is 0.363 e. The van der Waals surface area contributed by atoms with Crippen LogP contribution >= 0.6 is 0 Å². The number of aliphatic imine (C=N–C) groups is 1. The van der Waals surface area contributed by atoms with E-state index in [9.17, 15) is 9.59 Å². The lowest BCUT2D eigenvalue weighted by atomic mass is 9.89. The Labute approximate surface area is 135 Å². The molecule has 1 aliphatic carbocycles. The number of cyclic esters (lactones) is 1. The first-order chi connectivity index (χ1) is 11.1. The molecule has 0 spiro atoms. The van der Waals surface area contributed by atoms with E-state index in [4.69, 9.17) is 9.47 Å². The largest absolute Gasteiger partial charge is 0.427 e. The molecule has 0 saturated heterocycles. The van der Waals surface area contributed by atoms with Crippen LogP contribution in [0.25, 0.3) is 6.08 Å². The molecule has 0 unspecified atom stereocenters. The van der Waals surface area contributed by atoms with E-state index < -0.39 is 5.97 Å². The van der Waals surface area contributed by atoms with Crippen molar-refractivity contribution in [1.29, 1.82) is 0 Å². The SMILES string of the molecule is CC(=O)Oc1ccc(C=C2N=C(C3CCCCC3)OC2=O)cc1. The molecule has 5 heteroatoms. The van der Waals surface area contributed by atoms with Crippen molar-refractivity contribution in [2.24, 2.45) is 10.9 Å². The summed E-state index contributed by atoms with van der Waals surface area (Å²) in [6, 6.07) is 6.90. The van der Waals surface area contributed by atoms with Crippen molar-refractivity contribution in [2.45, 2.75) is 39.0 Å². The summed E-state index contributed by atoms with van der Waals surface area (Å²) in [5.41, 5.74) is 1.13. The fourth-order valence-electron chi connectivity index (χ4n) is 2.91. The van der Waals surface area contributed by atoms with Gasteiger partial charge < -0.3 is 9.47 Å². The normalized spacial score (nSPS) is 20.3. The molecule has 120 valence electrons. The number of benzene rings is 1. The fourth-order valence-corrected chi connectivity index (χ4v) is 2.91. The van der Waals surface area contributed by atoms with Crippen molar-refractivity contribution >= 4 is 23.9 Å². The molecule has 0 radical (unpaired) electrons. The van der Waals surface area contributed by atoms with Gasteiger partial charge in [-0.15, -0.1) is 0 Å². The average molecular weight is 313 g/mol. The molecular formula is C18H19NO4. The molecule has 0 bridgehead atoms. The van der Waals surface area contributed by atoms with Gasteiger partial charge in [-0.25, -0.2) is 9.79 Å². The molecule has 1 heterocycles. The first-order valence-electron chi connectivity index (χ1n) is 7.93. The zero-order valence-corrected chi connectivity index (χ0v) is 13.1. The minimum absolute atomic E-state index is 0.268. The summed E-state index contributed by atoms with van der Waals surface area (Å²) in [5.74, 6) is 0.550. The van der Waals surface area contributed by atoms with Crippen molar-refractivity contribution in [3.8, 4) is 5.75 Å². The Kier molecular flexibility index (Phi) is 4.55. The maximum atomic E-state index is 12.0. The highest BCUT2D eigenvalue weighted by Gasteiger charge is 2.30. The third-order valence-electron chi connectivity index (χ3n) is 4.04. The molecule has 0 N–H and O–H groups in total. The summed E-state index contributed by atoms with van der Waals surface area (Å²) in [7, 11) is 0. The standard InChI is InChI=1S/C18H19NO4/c1-12(20)22-15-9-7-13(8-10-15)11-16-18(21)23-17(19-16)14-5-3-2-4-6-14/h7-11,14H,2-6H2,1H3. The predicted molar refractivity (Wildman–Crippen MR) is 85.8 cm³/mol. The number of rotatable bonds is 3. The lowest BCUT2D eigenvalue weighted by Gasteiger charge is -2.19. The molecule has 1 aliphatic heterocycles. The quantitative estimate of drug-likeness (QED) is 0.487. The molecule has 3 rings (SSSR count). The van der Waals surface area contributed by atoms with E-state index in [0.717, 1.165) is 31.2 Å². The predicted octanol–water partition coefficient (Wildman–Crippen LogP) is 3.49.